The molecule has 2 N–H and O–H groups in total. The van der Waals surface area contributed by atoms with Crippen molar-refractivity contribution >= 4 is 17.6 Å². The number of unbranched alkanes of at least 4 members (excludes halogenated alkanes) is 1. The highest BCUT2D eigenvalue weighted by molar-refractivity contribution is 6.31. The molecule has 1 unspecified atom stereocenters. The standard InChI is InChI=1S/C14H21ClN2O2/c1-3-4-8-19-12(18)9-14(2,10-16)13-11(15)6-5-7-17-13/h5-7H,3-4,8-10,16H2,1-2H3. The van der Waals surface area contributed by atoms with E-state index in [1.54, 1.807) is 18.3 Å². The molecule has 0 saturated carbocycles. The number of nitrogens with two attached hydrogens (primary N) is 1. The van der Waals surface area contributed by atoms with Crippen molar-refractivity contribution in [3.05, 3.63) is 29.0 Å². The molecule has 5 heteroatoms. The fraction of sp³-hybridized carbons (Fsp3) is 0.571. The summed E-state index contributed by atoms with van der Waals surface area (Å²) in [6.07, 6.45) is 3.70. The topological polar surface area (TPSA) is 65.2 Å². The van der Waals surface area contributed by atoms with Crippen LogP contribution in [0.15, 0.2) is 18.3 Å². The molecule has 19 heavy (non-hydrogen) atoms. The van der Waals surface area contributed by atoms with Gasteiger partial charge in [0.15, 0.2) is 0 Å². The molecule has 0 aromatic carbocycles. The first kappa shape index (κ1) is 15.9. The number of halogens is 1. The fourth-order valence-electron chi connectivity index (χ4n) is 1.78. The number of carbonyl (C=O) groups excluding carboxylic acids is 1. The maximum absolute atomic E-state index is 11.8. The van der Waals surface area contributed by atoms with E-state index < -0.39 is 5.41 Å². The van der Waals surface area contributed by atoms with Crippen molar-refractivity contribution in [1.82, 2.24) is 4.98 Å². The molecule has 0 spiro atoms. The SMILES string of the molecule is CCCCOC(=O)CC(C)(CN)c1ncccc1Cl. The number of ether oxygens (including phenoxy) is 1. The molecule has 0 aliphatic heterocycles. The Morgan fingerprint density at radius 2 is 2.32 bits per heavy atom. The maximum atomic E-state index is 11.8. The van der Waals surface area contributed by atoms with Crippen LogP contribution >= 0.6 is 11.6 Å². The average Bonchev–Trinajstić information content (AvgIpc) is 2.39. The van der Waals surface area contributed by atoms with Crippen molar-refractivity contribution in [2.75, 3.05) is 13.2 Å². The van der Waals surface area contributed by atoms with Crippen LogP contribution in [0.1, 0.15) is 38.8 Å². The highest BCUT2D eigenvalue weighted by atomic mass is 35.5. The summed E-state index contributed by atoms with van der Waals surface area (Å²) in [6, 6.07) is 3.50. The summed E-state index contributed by atoms with van der Waals surface area (Å²) in [6.45, 7) is 4.66. The molecule has 4 nitrogen and oxygen atoms in total. The summed E-state index contributed by atoms with van der Waals surface area (Å²) in [4.78, 5) is 16.1. The van der Waals surface area contributed by atoms with Crippen LogP contribution in [0.25, 0.3) is 0 Å². The third-order valence-corrected chi connectivity index (χ3v) is 3.38. The normalized spacial score (nSPS) is 13.9. The minimum atomic E-state index is -0.596. The number of hydrogen-bond donors (Lipinski definition) is 1. The molecule has 0 aliphatic carbocycles. The lowest BCUT2D eigenvalue weighted by Crippen LogP contribution is -2.36. The van der Waals surface area contributed by atoms with Gasteiger partial charge in [-0.3, -0.25) is 9.78 Å². The van der Waals surface area contributed by atoms with Crippen LogP contribution < -0.4 is 5.73 Å². The lowest BCUT2D eigenvalue weighted by Gasteiger charge is -2.27. The van der Waals surface area contributed by atoms with E-state index in [0.717, 1.165) is 12.8 Å². The van der Waals surface area contributed by atoms with Crippen LogP contribution in [0.5, 0.6) is 0 Å². The Balaban J connectivity index is 2.76. The van der Waals surface area contributed by atoms with Gasteiger partial charge in [-0.05, 0) is 18.6 Å². The first-order valence-corrected chi connectivity index (χ1v) is 6.88. The van der Waals surface area contributed by atoms with Gasteiger partial charge >= 0.3 is 5.97 Å². The van der Waals surface area contributed by atoms with Crippen LogP contribution in [0.4, 0.5) is 0 Å². The summed E-state index contributed by atoms with van der Waals surface area (Å²) in [5, 5.41) is 0.525. The molecule has 1 atom stereocenters. The Kier molecular flexibility index (Phi) is 6.25. The van der Waals surface area contributed by atoms with Crippen LogP contribution in [0, 0.1) is 0 Å². The molecule has 1 aromatic rings. The Labute approximate surface area is 119 Å². The number of aromatic nitrogens is 1. The minimum absolute atomic E-state index is 0.184. The van der Waals surface area contributed by atoms with Crippen molar-refractivity contribution in [3.8, 4) is 0 Å². The zero-order valence-electron chi connectivity index (χ0n) is 11.5. The van der Waals surface area contributed by atoms with Gasteiger partial charge in [0.2, 0.25) is 0 Å². The second-order valence-corrected chi connectivity index (χ2v) is 5.26. The smallest absolute Gasteiger partial charge is 0.306 e. The summed E-state index contributed by atoms with van der Waals surface area (Å²) >= 11 is 6.13. The maximum Gasteiger partial charge on any atom is 0.306 e. The van der Waals surface area contributed by atoms with Gasteiger partial charge in [0.25, 0.3) is 0 Å². The largest absolute Gasteiger partial charge is 0.466 e. The summed E-state index contributed by atoms with van der Waals surface area (Å²) in [5.41, 5.74) is 5.85. The molecule has 1 heterocycles. The van der Waals surface area contributed by atoms with Gasteiger partial charge in [0.1, 0.15) is 0 Å². The van der Waals surface area contributed by atoms with Crippen molar-refractivity contribution in [3.63, 3.8) is 0 Å². The zero-order valence-corrected chi connectivity index (χ0v) is 12.2. The Hall–Kier alpha value is -1.13. The van der Waals surface area contributed by atoms with Gasteiger partial charge in [0, 0.05) is 18.2 Å². The number of esters is 1. The van der Waals surface area contributed by atoms with Gasteiger partial charge in [-0.15, -0.1) is 0 Å². The van der Waals surface area contributed by atoms with E-state index in [0.29, 0.717) is 17.3 Å². The molecule has 0 radical (unpaired) electrons. The highest BCUT2D eigenvalue weighted by Crippen LogP contribution is 2.30. The van der Waals surface area contributed by atoms with Gasteiger partial charge in [0.05, 0.1) is 23.7 Å². The fourth-order valence-corrected chi connectivity index (χ4v) is 2.13. The van der Waals surface area contributed by atoms with Crippen LogP contribution in [-0.2, 0) is 14.9 Å². The molecular formula is C14H21ClN2O2. The molecule has 0 amide bonds. The number of pyridine rings is 1. The predicted octanol–water partition coefficient (Wildman–Crippen LogP) is 2.68. The molecule has 0 bridgehead atoms. The van der Waals surface area contributed by atoms with Crippen molar-refractivity contribution in [1.29, 1.82) is 0 Å². The number of rotatable bonds is 7. The summed E-state index contributed by atoms with van der Waals surface area (Å²) in [5.74, 6) is -0.261. The van der Waals surface area contributed by atoms with Crippen molar-refractivity contribution in [2.45, 2.75) is 38.5 Å². The third kappa shape index (κ3) is 4.48. The van der Waals surface area contributed by atoms with Crippen molar-refractivity contribution < 1.29 is 9.53 Å². The second-order valence-electron chi connectivity index (χ2n) is 4.85. The molecule has 0 fully saturated rings. The van der Waals surface area contributed by atoms with Crippen LogP contribution in [0.2, 0.25) is 5.02 Å². The lowest BCUT2D eigenvalue weighted by atomic mass is 9.83. The van der Waals surface area contributed by atoms with E-state index in [-0.39, 0.29) is 18.9 Å². The quantitative estimate of drug-likeness (QED) is 0.617. The Bertz CT molecular complexity index is 426. The molecule has 1 aromatic heterocycles. The van der Waals surface area contributed by atoms with E-state index in [4.69, 9.17) is 22.1 Å². The molecule has 1 rings (SSSR count). The van der Waals surface area contributed by atoms with Crippen LogP contribution in [0.3, 0.4) is 0 Å². The minimum Gasteiger partial charge on any atom is -0.466 e. The molecule has 0 aliphatic rings. The van der Waals surface area contributed by atoms with Gasteiger partial charge in [-0.2, -0.15) is 0 Å². The number of hydrogen-bond acceptors (Lipinski definition) is 4. The van der Waals surface area contributed by atoms with Gasteiger partial charge < -0.3 is 10.5 Å². The molecule has 0 saturated heterocycles. The summed E-state index contributed by atoms with van der Waals surface area (Å²) < 4.78 is 5.18. The Morgan fingerprint density at radius 3 is 2.89 bits per heavy atom. The Morgan fingerprint density at radius 1 is 1.58 bits per heavy atom. The first-order valence-electron chi connectivity index (χ1n) is 6.50. The second kappa shape index (κ2) is 7.46. The monoisotopic (exact) mass is 284 g/mol. The third-order valence-electron chi connectivity index (χ3n) is 3.08. The number of carbonyl (C=O) groups is 1. The summed E-state index contributed by atoms with van der Waals surface area (Å²) in [7, 11) is 0. The predicted molar refractivity (Wildman–Crippen MR) is 76.1 cm³/mol. The van der Waals surface area contributed by atoms with Gasteiger partial charge in [-0.1, -0.05) is 31.9 Å². The number of nitrogens with zero attached hydrogens (tertiary/aromatic N) is 1. The average molecular weight is 285 g/mol. The van der Waals surface area contributed by atoms with E-state index >= 15 is 0 Å². The van der Waals surface area contributed by atoms with Crippen LogP contribution in [-0.4, -0.2) is 24.1 Å². The van der Waals surface area contributed by atoms with E-state index in [9.17, 15) is 4.79 Å². The van der Waals surface area contributed by atoms with Crippen molar-refractivity contribution in [2.24, 2.45) is 5.73 Å². The van der Waals surface area contributed by atoms with E-state index in [1.807, 2.05) is 13.8 Å². The molecular weight excluding hydrogens is 264 g/mol. The lowest BCUT2D eigenvalue weighted by molar-refractivity contribution is -0.145. The van der Waals surface area contributed by atoms with E-state index in [1.165, 1.54) is 0 Å². The zero-order chi connectivity index (χ0) is 14.3. The van der Waals surface area contributed by atoms with Gasteiger partial charge in [-0.25, -0.2) is 0 Å². The first-order chi connectivity index (χ1) is 9.03. The highest BCUT2D eigenvalue weighted by Gasteiger charge is 2.32. The van der Waals surface area contributed by atoms with E-state index in [2.05, 4.69) is 4.98 Å². The molecule has 106 valence electrons.